The molecule has 2 unspecified atom stereocenters. The van der Waals surface area contributed by atoms with Crippen molar-refractivity contribution in [3.05, 3.63) is 58.7 Å². The highest BCUT2D eigenvalue weighted by Gasteiger charge is 2.40. The summed E-state index contributed by atoms with van der Waals surface area (Å²) in [5, 5.41) is 13.2. The van der Waals surface area contributed by atoms with Crippen LogP contribution in [-0.2, 0) is 27.4 Å². The molecule has 1 saturated heterocycles. The lowest BCUT2D eigenvalue weighted by molar-refractivity contribution is -0.150. The highest BCUT2D eigenvalue weighted by molar-refractivity contribution is 6.05. The number of nitrogens with zero attached hydrogens (tertiary/aromatic N) is 3. The van der Waals surface area contributed by atoms with Crippen molar-refractivity contribution in [2.75, 3.05) is 30.4 Å². The monoisotopic (exact) mass is 449 g/mol. The van der Waals surface area contributed by atoms with Crippen molar-refractivity contribution in [3.63, 3.8) is 0 Å². The number of carbonyl (C=O) groups is 3. The summed E-state index contributed by atoms with van der Waals surface area (Å²) < 4.78 is 5.48. The zero-order valence-corrected chi connectivity index (χ0v) is 17.9. The fourth-order valence-electron chi connectivity index (χ4n) is 4.37. The molecule has 0 aliphatic carbocycles. The van der Waals surface area contributed by atoms with Gasteiger partial charge in [-0.25, -0.2) is 0 Å². The Labute approximate surface area is 189 Å². The lowest BCUT2D eigenvalue weighted by atomic mass is 10.1. The fourth-order valence-corrected chi connectivity index (χ4v) is 4.37. The molecule has 0 saturated carbocycles. The summed E-state index contributed by atoms with van der Waals surface area (Å²) in [6.07, 6.45) is -3.04. The van der Waals surface area contributed by atoms with Gasteiger partial charge in [0.2, 0.25) is 0 Å². The van der Waals surface area contributed by atoms with Crippen LogP contribution < -0.4 is 16.0 Å². The minimum atomic E-state index is -1.70. The lowest BCUT2D eigenvalue weighted by Crippen LogP contribution is -2.55. The number of aliphatic imine (C=N–C) groups is 1. The number of amidine groups is 1. The van der Waals surface area contributed by atoms with E-state index in [0.29, 0.717) is 35.9 Å². The van der Waals surface area contributed by atoms with Crippen LogP contribution in [0, 0.1) is 0 Å². The molecule has 3 aliphatic rings. The van der Waals surface area contributed by atoms with Crippen molar-refractivity contribution in [2.45, 2.75) is 25.3 Å². The van der Waals surface area contributed by atoms with Crippen LogP contribution in [0.3, 0.4) is 0 Å². The van der Waals surface area contributed by atoms with Crippen LogP contribution >= 0.6 is 0 Å². The fraction of sp³-hybridized carbons (Fsp3) is 0.304. The number of benzene rings is 2. The summed E-state index contributed by atoms with van der Waals surface area (Å²) in [4.78, 5) is 45.1. The Hall–Kier alpha value is -3.76. The van der Waals surface area contributed by atoms with Crippen molar-refractivity contribution in [1.29, 1.82) is 0 Å². The van der Waals surface area contributed by atoms with Crippen LogP contribution in [0.5, 0.6) is 0 Å². The molecule has 2 aromatic rings. The van der Waals surface area contributed by atoms with Gasteiger partial charge in [0.15, 0.2) is 12.2 Å². The normalized spacial score (nSPS) is 20.4. The van der Waals surface area contributed by atoms with E-state index in [1.54, 1.807) is 48.3 Å². The van der Waals surface area contributed by atoms with Crippen LogP contribution in [0.25, 0.3) is 0 Å². The van der Waals surface area contributed by atoms with E-state index in [9.17, 15) is 19.5 Å². The average molecular weight is 449 g/mol. The second-order valence-electron chi connectivity index (χ2n) is 8.29. The van der Waals surface area contributed by atoms with Crippen LogP contribution in [-0.4, -0.2) is 66.0 Å². The summed E-state index contributed by atoms with van der Waals surface area (Å²) in [7, 11) is 1.72. The number of aliphatic hydroxyl groups excluding tert-OH is 1. The molecule has 33 heavy (non-hydrogen) atoms. The second kappa shape index (κ2) is 7.98. The minimum Gasteiger partial charge on any atom is -0.383 e. The largest absolute Gasteiger partial charge is 0.383 e. The maximum Gasteiger partial charge on any atom is 0.259 e. The zero-order valence-electron chi connectivity index (χ0n) is 17.9. The third-order valence-electron chi connectivity index (χ3n) is 6.13. The summed E-state index contributed by atoms with van der Waals surface area (Å²) in [5.41, 5.74) is 10.0. The zero-order chi connectivity index (χ0) is 23.3. The highest BCUT2D eigenvalue weighted by Crippen LogP contribution is 2.28. The molecule has 170 valence electrons. The van der Waals surface area contributed by atoms with Gasteiger partial charge in [-0.05, 0) is 47.5 Å². The van der Waals surface area contributed by atoms with Gasteiger partial charge >= 0.3 is 0 Å². The number of hydrogen-bond donors (Lipinski definition) is 3. The molecule has 3 amide bonds. The molecule has 2 atom stereocenters. The molecule has 1 fully saturated rings. The highest BCUT2D eigenvalue weighted by atomic mass is 16.5. The number of ether oxygens (including phenoxy) is 1. The van der Waals surface area contributed by atoms with E-state index < -0.39 is 24.0 Å². The third kappa shape index (κ3) is 3.62. The number of aliphatic hydroxyl groups is 1. The Kier molecular flexibility index (Phi) is 5.10. The number of amides is 3. The first-order chi connectivity index (χ1) is 15.8. The van der Waals surface area contributed by atoms with Gasteiger partial charge in [0.25, 0.3) is 17.7 Å². The van der Waals surface area contributed by atoms with Gasteiger partial charge in [-0.3, -0.25) is 19.4 Å². The summed E-state index contributed by atoms with van der Waals surface area (Å²) in [6.45, 7) is 1.33. The van der Waals surface area contributed by atoms with E-state index in [1.807, 2.05) is 0 Å². The Morgan fingerprint density at radius 1 is 1.21 bits per heavy atom. The molecule has 2 aromatic carbocycles. The van der Waals surface area contributed by atoms with Gasteiger partial charge in [0, 0.05) is 42.6 Å². The molecule has 3 aliphatic heterocycles. The molecular formula is C23H23N5O5. The van der Waals surface area contributed by atoms with Crippen LogP contribution in [0.1, 0.15) is 27.0 Å². The molecule has 0 bridgehead atoms. The molecule has 0 spiro atoms. The first-order valence-electron chi connectivity index (χ1n) is 10.6. The van der Waals surface area contributed by atoms with Crippen molar-refractivity contribution in [3.8, 4) is 0 Å². The van der Waals surface area contributed by atoms with Crippen LogP contribution in [0.4, 0.5) is 11.4 Å². The summed E-state index contributed by atoms with van der Waals surface area (Å²) >= 11 is 0. The maximum absolute atomic E-state index is 13.1. The smallest absolute Gasteiger partial charge is 0.259 e. The standard InChI is InChI=1S/C23H23N5O5/c1-27-11-13-9-15(3-5-17(13)22(27)31)28-6-7-33-19(23(28)32)18(29)21(30)26-14-2-4-16-12(8-14)10-25-20(16)24/h2-5,8-9,18-19,29H,6-7,10-11H2,1H3,(H2,24,25)(H,26,30). The van der Waals surface area contributed by atoms with Crippen molar-refractivity contribution < 1.29 is 24.2 Å². The van der Waals surface area contributed by atoms with Crippen molar-refractivity contribution >= 4 is 34.9 Å². The van der Waals surface area contributed by atoms with E-state index in [-0.39, 0.29) is 19.1 Å². The summed E-state index contributed by atoms with van der Waals surface area (Å²) in [6, 6.07) is 10.3. The first kappa shape index (κ1) is 21.1. The van der Waals surface area contributed by atoms with Gasteiger partial charge < -0.3 is 30.7 Å². The molecular weight excluding hydrogens is 426 g/mol. The van der Waals surface area contributed by atoms with Crippen LogP contribution in [0.2, 0.25) is 0 Å². The minimum absolute atomic E-state index is 0.0596. The molecule has 4 N–H and O–H groups in total. The number of morpholine rings is 1. The summed E-state index contributed by atoms with van der Waals surface area (Å²) in [5.74, 6) is -0.873. The molecule has 0 radical (unpaired) electrons. The van der Waals surface area contributed by atoms with Crippen LogP contribution in [0.15, 0.2) is 41.4 Å². The number of anilines is 2. The van der Waals surface area contributed by atoms with E-state index in [0.717, 1.165) is 16.7 Å². The predicted octanol–water partition coefficient (Wildman–Crippen LogP) is 0.223. The molecule has 10 heteroatoms. The third-order valence-corrected chi connectivity index (χ3v) is 6.13. The van der Waals surface area contributed by atoms with Gasteiger partial charge in [0.05, 0.1) is 13.2 Å². The average Bonchev–Trinajstić information content (AvgIpc) is 3.31. The van der Waals surface area contributed by atoms with Gasteiger partial charge in [-0.1, -0.05) is 0 Å². The van der Waals surface area contributed by atoms with E-state index in [2.05, 4.69) is 10.3 Å². The quantitative estimate of drug-likeness (QED) is 0.611. The maximum atomic E-state index is 13.1. The number of nitrogens with two attached hydrogens (primary N) is 1. The number of rotatable bonds is 4. The van der Waals surface area contributed by atoms with Gasteiger partial charge in [0.1, 0.15) is 5.84 Å². The molecule has 3 heterocycles. The molecule has 0 aromatic heterocycles. The number of carbonyl (C=O) groups excluding carboxylic acids is 3. The van der Waals surface area contributed by atoms with Crippen molar-refractivity contribution in [1.82, 2.24) is 4.90 Å². The number of hydrogen-bond acceptors (Lipinski definition) is 7. The van der Waals surface area contributed by atoms with Gasteiger partial charge in [-0.2, -0.15) is 0 Å². The Balaban J connectivity index is 1.30. The number of nitrogens with one attached hydrogen (secondary N) is 1. The topological polar surface area (TPSA) is 138 Å². The Morgan fingerprint density at radius 2 is 2.00 bits per heavy atom. The predicted molar refractivity (Wildman–Crippen MR) is 120 cm³/mol. The van der Waals surface area contributed by atoms with Gasteiger partial charge in [-0.15, -0.1) is 0 Å². The lowest BCUT2D eigenvalue weighted by Gasteiger charge is -2.34. The van der Waals surface area contributed by atoms with Crippen molar-refractivity contribution in [2.24, 2.45) is 10.7 Å². The number of fused-ring (bicyclic) bond motifs is 2. The second-order valence-corrected chi connectivity index (χ2v) is 8.29. The molecule has 10 nitrogen and oxygen atoms in total. The van der Waals surface area contributed by atoms with E-state index in [4.69, 9.17) is 10.5 Å². The SMILES string of the molecule is CN1Cc2cc(N3CCOC(C(O)C(=O)Nc4ccc5c(c4)CN=C5N)C3=O)ccc2C1=O. The Bertz CT molecular complexity index is 1210. The Morgan fingerprint density at radius 3 is 2.82 bits per heavy atom. The first-order valence-corrected chi connectivity index (χ1v) is 10.6. The molecule has 5 rings (SSSR count). The van der Waals surface area contributed by atoms with E-state index in [1.165, 1.54) is 4.90 Å². The van der Waals surface area contributed by atoms with E-state index >= 15 is 0 Å².